The second-order valence-electron chi connectivity index (χ2n) is 6.60. The third kappa shape index (κ3) is 4.79. The molecule has 0 saturated heterocycles. The number of fused-ring (bicyclic) bond motifs is 1. The van der Waals surface area contributed by atoms with E-state index in [1.807, 2.05) is 13.8 Å². The Kier molecular flexibility index (Phi) is 7.78. The Morgan fingerprint density at radius 1 is 1.32 bits per heavy atom. The van der Waals surface area contributed by atoms with Crippen LogP contribution in [0.3, 0.4) is 0 Å². The molecule has 1 unspecified atom stereocenters. The highest BCUT2D eigenvalue weighted by Crippen LogP contribution is 2.22. The van der Waals surface area contributed by atoms with Crippen molar-refractivity contribution in [1.29, 1.82) is 5.26 Å². The van der Waals surface area contributed by atoms with Crippen LogP contribution >= 0.6 is 0 Å². The number of rotatable bonds is 11. The van der Waals surface area contributed by atoms with Gasteiger partial charge in [0.05, 0.1) is 6.61 Å². The van der Waals surface area contributed by atoms with Crippen LogP contribution in [0.4, 0.5) is 17.7 Å². The van der Waals surface area contributed by atoms with Crippen LogP contribution in [0.1, 0.15) is 32.8 Å². The van der Waals surface area contributed by atoms with Gasteiger partial charge in [0.15, 0.2) is 11.5 Å². The van der Waals surface area contributed by atoms with Crippen LogP contribution in [0.2, 0.25) is 0 Å². The van der Waals surface area contributed by atoms with E-state index >= 15 is 0 Å². The lowest BCUT2D eigenvalue weighted by Gasteiger charge is -2.28. The molecule has 0 aromatic carbocycles. The Hall–Kier alpha value is -2.64. The van der Waals surface area contributed by atoms with Crippen molar-refractivity contribution in [3.05, 3.63) is 5.56 Å². The van der Waals surface area contributed by atoms with E-state index in [9.17, 15) is 5.26 Å². The average Bonchev–Trinajstić information content (AvgIpc) is 3.06. The van der Waals surface area contributed by atoms with Gasteiger partial charge in [-0.05, 0) is 34.2 Å². The number of hydrogen-bond acceptors (Lipinski definition) is 9. The topological polar surface area (TPSA) is 121 Å². The predicted octanol–water partition coefficient (Wildman–Crippen LogP) is 1.19. The van der Waals surface area contributed by atoms with E-state index in [-0.39, 0.29) is 5.95 Å². The number of hydrogen-bond donors (Lipinski definition) is 2. The second kappa shape index (κ2) is 10.1. The van der Waals surface area contributed by atoms with Crippen molar-refractivity contribution >= 4 is 23.4 Å². The number of ether oxygens (including phenoxy) is 1. The van der Waals surface area contributed by atoms with Gasteiger partial charge < -0.3 is 25.6 Å². The second-order valence-corrected chi connectivity index (χ2v) is 6.60. The van der Waals surface area contributed by atoms with Gasteiger partial charge in [0, 0.05) is 39.3 Å². The standard InChI is InChI=1S/C18H31N9O/c1-6-26(9-8-13(3)25(5)10-11-28-7-2)18-22-16-14(12-19)15(21-4)24-27(16)17(20)23-18/h13H,6-11H2,1-5H3,(H,21,24)(H2,20,22,23). The lowest BCUT2D eigenvalue weighted by atomic mass is 10.2. The van der Waals surface area contributed by atoms with Crippen LogP contribution in [-0.4, -0.2) is 77.5 Å². The molecule has 0 fully saturated rings. The lowest BCUT2D eigenvalue weighted by Crippen LogP contribution is -2.36. The molecule has 10 heteroatoms. The molecule has 28 heavy (non-hydrogen) atoms. The monoisotopic (exact) mass is 389 g/mol. The molecule has 1 atom stereocenters. The molecule has 10 nitrogen and oxygen atoms in total. The van der Waals surface area contributed by atoms with Crippen molar-refractivity contribution < 1.29 is 4.74 Å². The third-order valence-electron chi connectivity index (χ3n) is 4.87. The van der Waals surface area contributed by atoms with Crippen LogP contribution in [0.5, 0.6) is 0 Å². The van der Waals surface area contributed by atoms with Gasteiger partial charge in [0.2, 0.25) is 11.9 Å². The summed E-state index contributed by atoms with van der Waals surface area (Å²) in [5.41, 5.74) is 6.85. The number of nitrogens with zero attached hydrogens (tertiary/aromatic N) is 7. The first-order chi connectivity index (χ1) is 13.5. The van der Waals surface area contributed by atoms with Crippen molar-refractivity contribution in [3.63, 3.8) is 0 Å². The molecular weight excluding hydrogens is 358 g/mol. The van der Waals surface area contributed by atoms with Gasteiger partial charge >= 0.3 is 0 Å². The van der Waals surface area contributed by atoms with Crippen LogP contribution in [0.25, 0.3) is 5.65 Å². The quantitative estimate of drug-likeness (QED) is 0.546. The van der Waals surface area contributed by atoms with Gasteiger partial charge in [-0.15, -0.1) is 5.10 Å². The first-order valence-electron chi connectivity index (χ1n) is 9.63. The van der Waals surface area contributed by atoms with E-state index in [1.165, 1.54) is 4.52 Å². The minimum atomic E-state index is 0.207. The molecule has 0 radical (unpaired) electrons. The van der Waals surface area contributed by atoms with Crippen molar-refractivity contribution in [1.82, 2.24) is 24.5 Å². The maximum absolute atomic E-state index is 9.47. The molecule has 0 saturated carbocycles. The Balaban J connectivity index is 2.15. The van der Waals surface area contributed by atoms with Gasteiger partial charge in [0.25, 0.3) is 0 Å². The zero-order valence-corrected chi connectivity index (χ0v) is 17.4. The maximum atomic E-state index is 9.47. The van der Waals surface area contributed by atoms with Gasteiger partial charge in [-0.3, -0.25) is 0 Å². The third-order valence-corrected chi connectivity index (χ3v) is 4.87. The van der Waals surface area contributed by atoms with Gasteiger partial charge in [0.1, 0.15) is 11.6 Å². The van der Waals surface area contributed by atoms with Crippen molar-refractivity contribution in [2.75, 3.05) is 62.9 Å². The average molecular weight is 390 g/mol. The largest absolute Gasteiger partial charge is 0.380 e. The van der Waals surface area contributed by atoms with Crippen molar-refractivity contribution in [2.24, 2.45) is 0 Å². The highest BCUT2D eigenvalue weighted by atomic mass is 16.5. The summed E-state index contributed by atoms with van der Waals surface area (Å²) < 4.78 is 6.83. The van der Waals surface area contributed by atoms with E-state index in [1.54, 1.807) is 7.05 Å². The zero-order valence-electron chi connectivity index (χ0n) is 17.4. The Bertz CT molecular complexity index is 813. The molecular formula is C18H31N9O. The van der Waals surface area contributed by atoms with Crippen molar-refractivity contribution in [2.45, 2.75) is 33.2 Å². The van der Waals surface area contributed by atoms with E-state index in [0.717, 1.165) is 39.3 Å². The molecule has 0 aliphatic carbocycles. The highest BCUT2D eigenvalue weighted by Gasteiger charge is 2.19. The van der Waals surface area contributed by atoms with Crippen molar-refractivity contribution in [3.8, 4) is 6.07 Å². The molecule has 0 spiro atoms. The summed E-state index contributed by atoms with van der Waals surface area (Å²) in [5.74, 6) is 1.15. The van der Waals surface area contributed by atoms with E-state index in [0.29, 0.717) is 29.0 Å². The molecule has 0 bridgehead atoms. The first kappa shape index (κ1) is 21.7. The molecule has 2 heterocycles. The SMILES string of the molecule is CCOCCN(C)C(C)CCN(CC)c1nc(N)n2nc(NC)c(C#N)c2n1. The Morgan fingerprint density at radius 2 is 2.07 bits per heavy atom. The fraction of sp³-hybridized carbons (Fsp3) is 0.667. The molecule has 3 N–H and O–H groups in total. The predicted molar refractivity (Wildman–Crippen MR) is 111 cm³/mol. The van der Waals surface area contributed by atoms with E-state index < -0.39 is 0 Å². The van der Waals surface area contributed by atoms with Crippen LogP contribution in [-0.2, 0) is 4.74 Å². The molecule has 2 aromatic rings. The fourth-order valence-electron chi connectivity index (χ4n) is 2.90. The summed E-state index contributed by atoms with van der Waals surface area (Å²) in [7, 11) is 3.81. The van der Waals surface area contributed by atoms with Crippen LogP contribution < -0.4 is 16.0 Å². The number of nitrogens with one attached hydrogen (secondary N) is 1. The molecule has 2 rings (SSSR count). The molecule has 2 aromatic heterocycles. The lowest BCUT2D eigenvalue weighted by molar-refractivity contribution is 0.109. The van der Waals surface area contributed by atoms with Gasteiger partial charge in [-0.2, -0.15) is 19.7 Å². The van der Waals surface area contributed by atoms with Gasteiger partial charge in [-0.1, -0.05) is 0 Å². The minimum Gasteiger partial charge on any atom is -0.380 e. The normalized spacial score (nSPS) is 12.3. The van der Waals surface area contributed by atoms with Crippen LogP contribution in [0.15, 0.2) is 0 Å². The van der Waals surface area contributed by atoms with Gasteiger partial charge in [-0.25, -0.2) is 0 Å². The van der Waals surface area contributed by atoms with Crippen LogP contribution in [0, 0.1) is 11.3 Å². The Morgan fingerprint density at radius 3 is 2.68 bits per heavy atom. The number of aromatic nitrogens is 4. The summed E-state index contributed by atoms with van der Waals surface area (Å²) in [6.07, 6.45) is 0.942. The Labute approximate surface area is 166 Å². The highest BCUT2D eigenvalue weighted by molar-refractivity contribution is 5.69. The molecule has 0 aliphatic rings. The molecule has 0 amide bonds. The summed E-state index contributed by atoms with van der Waals surface area (Å²) in [4.78, 5) is 13.3. The summed E-state index contributed by atoms with van der Waals surface area (Å²) in [6, 6.07) is 2.53. The fourth-order valence-corrected chi connectivity index (χ4v) is 2.90. The zero-order chi connectivity index (χ0) is 20.7. The number of nitriles is 1. The first-order valence-corrected chi connectivity index (χ1v) is 9.63. The molecule has 154 valence electrons. The van der Waals surface area contributed by atoms with E-state index in [4.69, 9.17) is 10.5 Å². The minimum absolute atomic E-state index is 0.207. The molecule has 0 aliphatic heterocycles. The number of anilines is 3. The number of nitrogens with two attached hydrogens (primary N) is 1. The summed E-state index contributed by atoms with van der Waals surface area (Å²) in [6.45, 7) is 10.1. The maximum Gasteiger partial charge on any atom is 0.230 e. The smallest absolute Gasteiger partial charge is 0.230 e. The van der Waals surface area contributed by atoms with E-state index in [2.05, 4.69) is 50.2 Å². The number of nitrogen functional groups attached to an aromatic ring is 1. The summed E-state index contributed by atoms with van der Waals surface area (Å²) in [5, 5.41) is 16.6. The summed E-state index contributed by atoms with van der Waals surface area (Å²) >= 11 is 0. The number of likely N-dealkylation sites (N-methyl/N-ethyl adjacent to an activating group) is 1.